The van der Waals surface area contributed by atoms with Gasteiger partial charge in [0.2, 0.25) is 0 Å². The number of benzene rings is 2. The maximum atomic E-state index is 11.1. The Labute approximate surface area is 188 Å². The number of methoxy groups -OCH3 is 1. The average Bonchev–Trinajstić information content (AvgIpc) is 3.09. The van der Waals surface area contributed by atoms with Crippen molar-refractivity contribution in [2.45, 2.75) is 56.3 Å². The Kier molecular flexibility index (Phi) is 4.30. The predicted octanol–water partition coefficient (Wildman–Crippen LogP) is 5.92. The van der Waals surface area contributed by atoms with Crippen molar-refractivity contribution < 1.29 is 24.1 Å². The first-order valence-electron chi connectivity index (χ1n) is 11.8. The summed E-state index contributed by atoms with van der Waals surface area (Å²) in [5.41, 5.74) is 3.37. The van der Waals surface area contributed by atoms with E-state index in [4.69, 9.17) is 19.3 Å². The molecular weight excluding hydrogens is 404 g/mol. The van der Waals surface area contributed by atoms with E-state index in [1.165, 1.54) is 49.7 Å². The van der Waals surface area contributed by atoms with E-state index in [-0.39, 0.29) is 10.8 Å². The van der Waals surface area contributed by atoms with Crippen LogP contribution in [0.3, 0.4) is 0 Å². The summed E-state index contributed by atoms with van der Waals surface area (Å²) in [5.74, 6) is 4.69. The maximum absolute atomic E-state index is 11.1. The van der Waals surface area contributed by atoms with Crippen molar-refractivity contribution in [1.29, 1.82) is 0 Å². The summed E-state index contributed by atoms with van der Waals surface area (Å²) in [6.07, 6.45) is 6.75. The Morgan fingerprint density at radius 3 is 2.31 bits per heavy atom. The van der Waals surface area contributed by atoms with Crippen LogP contribution < -0.4 is 14.2 Å². The molecule has 1 unspecified atom stereocenters. The van der Waals surface area contributed by atoms with Crippen molar-refractivity contribution in [1.82, 2.24) is 0 Å². The van der Waals surface area contributed by atoms with Gasteiger partial charge in [0.15, 0.2) is 0 Å². The molecular formula is C27H30O5. The lowest BCUT2D eigenvalue weighted by Gasteiger charge is -2.57. The van der Waals surface area contributed by atoms with Gasteiger partial charge in [-0.05, 0) is 98.4 Å². The number of hydrogen-bond donors (Lipinski definition) is 1. The summed E-state index contributed by atoms with van der Waals surface area (Å²) in [5, 5.41) is 9.04. The lowest BCUT2D eigenvalue weighted by molar-refractivity contribution is -0.00622. The van der Waals surface area contributed by atoms with Crippen LogP contribution in [0.25, 0.3) is 0 Å². The van der Waals surface area contributed by atoms with Gasteiger partial charge in [0.05, 0.1) is 12.5 Å². The molecule has 4 bridgehead atoms. The van der Waals surface area contributed by atoms with E-state index >= 15 is 0 Å². The van der Waals surface area contributed by atoms with Crippen molar-refractivity contribution in [2.75, 3.05) is 13.7 Å². The zero-order valence-electron chi connectivity index (χ0n) is 18.7. The fourth-order valence-electron chi connectivity index (χ4n) is 7.68. The Bertz CT molecular complexity index is 1050. The van der Waals surface area contributed by atoms with E-state index in [1.54, 1.807) is 13.2 Å². The molecule has 0 radical (unpaired) electrons. The number of fused-ring (bicyclic) bond motifs is 1. The second kappa shape index (κ2) is 6.90. The molecule has 2 aromatic carbocycles. The molecule has 1 N–H and O–H groups in total. The van der Waals surface area contributed by atoms with Gasteiger partial charge < -0.3 is 19.3 Å². The molecule has 0 saturated heterocycles. The first kappa shape index (κ1) is 20.0. The molecule has 5 nitrogen and oxygen atoms in total. The highest BCUT2D eigenvalue weighted by Gasteiger charge is 2.53. The van der Waals surface area contributed by atoms with E-state index in [2.05, 4.69) is 25.1 Å². The van der Waals surface area contributed by atoms with Crippen LogP contribution in [0, 0.1) is 17.8 Å². The zero-order valence-corrected chi connectivity index (χ0v) is 18.7. The molecule has 5 aliphatic rings. The summed E-state index contributed by atoms with van der Waals surface area (Å²) in [7, 11) is 1.78. The molecule has 1 atom stereocenters. The van der Waals surface area contributed by atoms with Crippen LogP contribution in [0.1, 0.15) is 62.1 Å². The van der Waals surface area contributed by atoms with Gasteiger partial charge in [-0.15, -0.1) is 0 Å². The summed E-state index contributed by atoms with van der Waals surface area (Å²) in [6, 6.07) is 11.9. The highest BCUT2D eigenvalue weighted by atomic mass is 16.7. The number of carboxylic acid groups (broad SMARTS) is 1. The topological polar surface area (TPSA) is 65.0 Å². The fourth-order valence-corrected chi connectivity index (χ4v) is 7.68. The van der Waals surface area contributed by atoms with Crippen LogP contribution in [-0.2, 0) is 10.8 Å². The maximum Gasteiger partial charge on any atom is 0.511 e. The third kappa shape index (κ3) is 2.93. The number of carbonyl (C=O) groups is 1. The van der Waals surface area contributed by atoms with E-state index in [1.807, 2.05) is 12.1 Å². The minimum absolute atomic E-state index is 0.225. The number of ether oxygens (including phenoxy) is 3. The van der Waals surface area contributed by atoms with Gasteiger partial charge in [0, 0.05) is 11.1 Å². The smallest absolute Gasteiger partial charge is 0.496 e. The Balaban J connectivity index is 1.43. The minimum Gasteiger partial charge on any atom is -0.496 e. The molecule has 4 saturated carbocycles. The lowest BCUT2D eigenvalue weighted by atomic mass is 9.48. The van der Waals surface area contributed by atoms with E-state index in [9.17, 15) is 4.79 Å². The number of hydrogen-bond acceptors (Lipinski definition) is 4. The summed E-state index contributed by atoms with van der Waals surface area (Å²) in [6.45, 7) is 2.69. The number of rotatable bonds is 4. The molecule has 0 amide bonds. The van der Waals surface area contributed by atoms with Crippen LogP contribution in [-0.4, -0.2) is 25.0 Å². The predicted molar refractivity (Wildman–Crippen MR) is 120 cm³/mol. The summed E-state index contributed by atoms with van der Waals surface area (Å²) in [4.78, 5) is 11.1. The molecule has 4 fully saturated rings. The van der Waals surface area contributed by atoms with Gasteiger partial charge in [0.1, 0.15) is 23.9 Å². The van der Waals surface area contributed by atoms with Crippen molar-refractivity contribution in [2.24, 2.45) is 17.8 Å². The van der Waals surface area contributed by atoms with Gasteiger partial charge in [-0.1, -0.05) is 12.1 Å². The highest BCUT2D eigenvalue weighted by Crippen LogP contribution is 2.62. The molecule has 0 aromatic heterocycles. The van der Waals surface area contributed by atoms with E-state index in [0.717, 1.165) is 34.8 Å². The largest absolute Gasteiger partial charge is 0.511 e. The molecule has 1 aliphatic heterocycles. The lowest BCUT2D eigenvalue weighted by Crippen LogP contribution is -2.48. The van der Waals surface area contributed by atoms with Gasteiger partial charge in [-0.3, -0.25) is 0 Å². The summed E-state index contributed by atoms with van der Waals surface area (Å²) >= 11 is 0. The van der Waals surface area contributed by atoms with Crippen molar-refractivity contribution in [3.8, 4) is 17.2 Å². The van der Waals surface area contributed by atoms with Crippen LogP contribution in [0.15, 0.2) is 36.4 Å². The highest BCUT2D eigenvalue weighted by molar-refractivity contribution is 5.63. The Morgan fingerprint density at radius 1 is 1.00 bits per heavy atom. The van der Waals surface area contributed by atoms with Gasteiger partial charge >= 0.3 is 6.16 Å². The van der Waals surface area contributed by atoms with Crippen molar-refractivity contribution in [3.63, 3.8) is 0 Å². The van der Waals surface area contributed by atoms with Crippen molar-refractivity contribution >= 4 is 6.16 Å². The quantitative estimate of drug-likeness (QED) is 0.478. The monoisotopic (exact) mass is 434 g/mol. The molecule has 168 valence electrons. The summed E-state index contributed by atoms with van der Waals surface area (Å²) < 4.78 is 16.9. The minimum atomic E-state index is -1.31. The second-order valence-corrected chi connectivity index (χ2v) is 10.8. The van der Waals surface area contributed by atoms with Gasteiger partial charge in [-0.25, -0.2) is 4.79 Å². The molecule has 2 aromatic rings. The van der Waals surface area contributed by atoms with Crippen LogP contribution >= 0.6 is 0 Å². The third-order valence-electron chi connectivity index (χ3n) is 8.71. The first-order valence-corrected chi connectivity index (χ1v) is 11.8. The molecule has 0 spiro atoms. The normalized spacial score (nSPS) is 34.1. The molecule has 5 heteroatoms. The SMILES string of the molecule is COc1ccc(C2(C)COc3ccc(OC(=O)O)cc32)cc1C12CC3CC(CC(C3)C1)C2. The standard InChI is InChI=1S/C27H30O5/c1-26(15-31-24-6-4-20(11-21(24)26)32-25(28)29)19-3-5-23(30-2)22(10-19)27-12-16-7-17(13-27)9-18(8-16)14-27/h3-6,10-11,16-18H,7-9,12-15H2,1-2H3,(H,28,29). The molecule has 7 rings (SSSR count). The van der Waals surface area contributed by atoms with Gasteiger partial charge in [-0.2, -0.15) is 0 Å². The first-order chi connectivity index (χ1) is 15.4. The second-order valence-electron chi connectivity index (χ2n) is 10.8. The zero-order chi connectivity index (χ0) is 22.1. The van der Waals surface area contributed by atoms with Crippen molar-refractivity contribution in [3.05, 3.63) is 53.1 Å². The molecule has 1 heterocycles. The van der Waals surface area contributed by atoms with Crippen LogP contribution in [0.5, 0.6) is 17.2 Å². The van der Waals surface area contributed by atoms with Gasteiger partial charge in [0.25, 0.3) is 0 Å². The fraction of sp³-hybridized carbons (Fsp3) is 0.519. The van der Waals surface area contributed by atoms with Crippen LogP contribution in [0.4, 0.5) is 4.79 Å². The average molecular weight is 435 g/mol. The Hall–Kier alpha value is -2.69. The Morgan fingerprint density at radius 2 is 1.69 bits per heavy atom. The molecule has 4 aliphatic carbocycles. The third-order valence-corrected chi connectivity index (χ3v) is 8.71. The molecule has 32 heavy (non-hydrogen) atoms. The van der Waals surface area contributed by atoms with E-state index in [0.29, 0.717) is 12.4 Å². The van der Waals surface area contributed by atoms with E-state index < -0.39 is 6.16 Å². The van der Waals surface area contributed by atoms with Crippen LogP contribution in [0.2, 0.25) is 0 Å².